The van der Waals surface area contributed by atoms with E-state index in [1.807, 2.05) is 0 Å². The van der Waals surface area contributed by atoms with E-state index in [0.29, 0.717) is 0 Å². The topological polar surface area (TPSA) is 72.5 Å². The van der Waals surface area contributed by atoms with Gasteiger partial charge in [-0.15, -0.1) is 0 Å². The summed E-state index contributed by atoms with van der Waals surface area (Å²) in [5, 5.41) is 2.46. The maximum atomic E-state index is 10.6. The van der Waals surface area contributed by atoms with Gasteiger partial charge in [0, 0.05) is 6.54 Å². The average molecular weight is 179 g/mol. The lowest BCUT2D eigenvalue weighted by atomic mass is 10.3. The molecule has 1 amide bonds. The van der Waals surface area contributed by atoms with Crippen LogP contribution in [0.3, 0.4) is 0 Å². The van der Waals surface area contributed by atoms with Crippen LogP contribution in [0.15, 0.2) is 0 Å². The molecular weight excluding hydrogens is 170 g/mol. The van der Waals surface area contributed by atoms with Crippen molar-refractivity contribution in [2.24, 2.45) is 0 Å². The Hall–Kier alpha value is -0.620. The molecule has 1 aliphatic rings. The number of carbonyl (C=O) groups excluding carboxylic acids is 1. The van der Waals surface area contributed by atoms with Gasteiger partial charge in [0.1, 0.15) is 6.10 Å². The summed E-state index contributed by atoms with van der Waals surface area (Å²) in [6, 6.07) is 0. The largest absolute Gasteiger partial charge is 0.353 e. The van der Waals surface area contributed by atoms with Crippen molar-refractivity contribution < 1.29 is 17.4 Å². The summed E-state index contributed by atoms with van der Waals surface area (Å²) < 4.78 is 25.6. The molecule has 0 unspecified atom stereocenters. The number of nitrogens with one attached hydrogen (secondary N) is 1. The second-order valence-electron chi connectivity index (χ2n) is 2.43. The van der Waals surface area contributed by atoms with Gasteiger partial charge in [0.25, 0.3) is 10.1 Å². The van der Waals surface area contributed by atoms with Gasteiger partial charge in [0.2, 0.25) is 5.91 Å². The van der Waals surface area contributed by atoms with Gasteiger partial charge >= 0.3 is 0 Å². The third-order valence-corrected chi connectivity index (χ3v) is 1.87. The summed E-state index contributed by atoms with van der Waals surface area (Å²) in [6.45, 7) is 0.284. The molecule has 0 aromatic rings. The van der Waals surface area contributed by atoms with Gasteiger partial charge in [0.05, 0.1) is 12.7 Å². The minimum atomic E-state index is -3.42. The van der Waals surface area contributed by atoms with Crippen LogP contribution >= 0.6 is 0 Å². The highest BCUT2D eigenvalue weighted by Crippen LogP contribution is 2.06. The normalized spacial score (nSPS) is 25.2. The van der Waals surface area contributed by atoms with Gasteiger partial charge < -0.3 is 5.32 Å². The fourth-order valence-corrected chi connectivity index (χ4v) is 1.52. The van der Waals surface area contributed by atoms with Crippen molar-refractivity contribution >= 4 is 16.0 Å². The summed E-state index contributed by atoms with van der Waals surface area (Å²) in [5.41, 5.74) is 0. The molecule has 1 fully saturated rings. The highest BCUT2D eigenvalue weighted by molar-refractivity contribution is 7.86. The quantitative estimate of drug-likeness (QED) is 0.543. The Kier molecular flexibility index (Phi) is 2.15. The summed E-state index contributed by atoms with van der Waals surface area (Å²) in [4.78, 5) is 10.6. The average Bonchev–Trinajstić information content (AvgIpc) is 2.10. The van der Waals surface area contributed by atoms with Crippen LogP contribution in [0.25, 0.3) is 0 Å². The molecule has 0 aliphatic carbocycles. The minimum Gasteiger partial charge on any atom is -0.353 e. The third-order valence-electron chi connectivity index (χ3n) is 1.25. The Balaban J connectivity index is 2.47. The zero-order valence-electron chi connectivity index (χ0n) is 6.03. The van der Waals surface area contributed by atoms with Crippen LogP contribution in [0.2, 0.25) is 0 Å². The molecular formula is C5H9NO4S. The lowest BCUT2D eigenvalue weighted by molar-refractivity contribution is -0.119. The highest BCUT2D eigenvalue weighted by Gasteiger charge is 2.25. The van der Waals surface area contributed by atoms with Crippen molar-refractivity contribution in [2.75, 3.05) is 12.8 Å². The van der Waals surface area contributed by atoms with Crippen molar-refractivity contribution in [3.05, 3.63) is 0 Å². The van der Waals surface area contributed by atoms with Crippen LogP contribution in [0, 0.1) is 0 Å². The molecule has 1 heterocycles. The maximum absolute atomic E-state index is 10.6. The first-order valence-electron chi connectivity index (χ1n) is 3.12. The summed E-state index contributed by atoms with van der Waals surface area (Å²) in [6.07, 6.45) is 0.584. The first-order valence-corrected chi connectivity index (χ1v) is 4.94. The molecule has 0 saturated carbocycles. The Morgan fingerprint density at radius 2 is 2.27 bits per heavy atom. The van der Waals surface area contributed by atoms with Crippen molar-refractivity contribution in [3.63, 3.8) is 0 Å². The molecule has 0 radical (unpaired) electrons. The van der Waals surface area contributed by atoms with E-state index < -0.39 is 16.2 Å². The Bertz CT molecular complexity index is 258. The molecule has 0 aromatic heterocycles. The van der Waals surface area contributed by atoms with E-state index >= 15 is 0 Å². The second kappa shape index (κ2) is 2.78. The minimum absolute atomic E-state index is 0.132. The predicted molar refractivity (Wildman–Crippen MR) is 37.3 cm³/mol. The first-order chi connectivity index (χ1) is 4.97. The zero-order chi connectivity index (χ0) is 8.48. The molecule has 0 aromatic carbocycles. The summed E-state index contributed by atoms with van der Waals surface area (Å²) in [7, 11) is -3.42. The number of rotatable bonds is 2. The molecule has 1 aliphatic heterocycles. The van der Waals surface area contributed by atoms with Crippen molar-refractivity contribution in [2.45, 2.75) is 12.5 Å². The Morgan fingerprint density at radius 3 is 2.64 bits per heavy atom. The van der Waals surface area contributed by atoms with Crippen LogP contribution in [0.1, 0.15) is 6.42 Å². The fraction of sp³-hybridized carbons (Fsp3) is 0.800. The molecule has 0 spiro atoms. The smallest absolute Gasteiger partial charge is 0.264 e. The summed E-state index contributed by atoms with van der Waals surface area (Å²) in [5.74, 6) is -0.168. The summed E-state index contributed by atoms with van der Waals surface area (Å²) >= 11 is 0. The van der Waals surface area contributed by atoms with Crippen LogP contribution in [0.4, 0.5) is 0 Å². The molecule has 64 valence electrons. The monoisotopic (exact) mass is 179 g/mol. The molecule has 0 bridgehead atoms. The lowest BCUT2D eigenvalue weighted by Gasteiger charge is -2.04. The second-order valence-corrected chi connectivity index (χ2v) is 4.03. The van der Waals surface area contributed by atoms with E-state index in [4.69, 9.17) is 0 Å². The Labute approximate surface area is 64.9 Å². The predicted octanol–water partition coefficient (Wildman–Crippen LogP) is -1.15. The fourth-order valence-electron chi connectivity index (χ4n) is 0.894. The molecule has 6 heteroatoms. The lowest BCUT2D eigenvalue weighted by Crippen LogP contribution is -2.20. The van der Waals surface area contributed by atoms with E-state index in [-0.39, 0.29) is 18.9 Å². The Morgan fingerprint density at radius 1 is 1.64 bits per heavy atom. The SMILES string of the molecule is CS(=O)(=O)O[C@@H]1CNC(=O)C1. The van der Waals surface area contributed by atoms with E-state index in [1.54, 1.807) is 0 Å². The molecule has 11 heavy (non-hydrogen) atoms. The van der Waals surface area contributed by atoms with E-state index in [9.17, 15) is 13.2 Å². The molecule has 1 rings (SSSR count). The standard InChI is InChI=1S/C5H9NO4S/c1-11(8,9)10-4-2-5(7)6-3-4/h4H,2-3H2,1H3,(H,6,7)/t4-/m0/s1. The zero-order valence-corrected chi connectivity index (χ0v) is 6.85. The van der Waals surface area contributed by atoms with E-state index in [1.165, 1.54) is 0 Å². The van der Waals surface area contributed by atoms with Crippen molar-refractivity contribution in [1.82, 2.24) is 5.32 Å². The van der Waals surface area contributed by atoms with Crippen molar-refractivity contribution in [3.8, 4) is 0 Å². The van der Waals surface area contributed by atoms with Gasteiger partial charge in [-0.1, -0.05) is 0 Å². The van der Waals surface area contributed by atoms with Gasteiger partial charge in [-0.05, 0) is 0 Å². The van der Waals surface area contributed by atoms with Gasteiger partial charge in [-0.2, -0.15) is 8.42 Å². The molecule has 1 N–H and O–H groups in total. The highest BCUT2D eigenvalue weighted by atomic mass is 32.2. The first kappa shape index (κ1) is 8.48. The number of hydrogen-bond donors (Lipinski definition) is 1. The van der Waals surface area contributed by atoms with Crippen LogP contribution in [-0.2, 0) is 19.1 Å². The third kappa shape index (κ3) is 2.85. The van der Waals surface area contributed by atoms with Gasteiger partial charge in [-0.25, -0.2) is 0 Å². The van der Waals surface area contributed by atoms with Gasteiger partial charge in [0.15, 0.2) is 0 Å². The molecule has 5 nitrogen and oxygen atoms in total. The van der Waals surface area contributed by atoms with E-state index in [2.05, 4.69) is 9.50 Å². The molecule has 1 saturated heterocycles. The van der Waals surface area contributed by atoms with Gasteiger partial charge in [-0.3, -0.25) is 8.98 Å². The number of amides is 1. The maximum Gasteiger partial charge on any atom is 0.264 e. The van der Waals surface area contributed by atoms with Crippen molar-refractivity contribution in [1.29, 1.82) is 0 Å². The van der Waals surface area contributed by atoms with Crippen LogP contribution in [-0.4, -0.2) is 33.2 Å². The van der Waals surface area contributed by atoms with E-state index in [0.717, 1.165) is 6.26 Å². The van der Waals surface area contributed by atoms with Crippen LogP contribution < -0.4 is 5.32 Å². The van der Waals surface area contributed by atoms with Crippen LogP contribution in [0.5, 0.6) is 0 Å². The number of hydrogen-bond acceptors (Lipinski definition) is 4. The number of carbonyl (C=O) groups is 1. The molecule has 1 atom stereocenters.